The van der Waals surface area contributed by atoms with Crippen LogP contribution in [-0.2, 0) is 16.1 Å². The van der Waals surface area contributed by atoms with E-state index < -0.39 is 23.9 Å². The zero-order valence-corrected chi connectivity index (χ0v) is 17.3. The Balaban J connectivity index is 1.41. The van der Waals surface area contributed by atoms with Crippen LogP contribution in [-0.4, -0.2) is 40.7 Å². The molecule has 0 spiro atoms. The third-order valence-corrected chi connectivity index (χ3v) is 5.71. The van der Waals surface area contributed by atoms with E-state index in [-0.39, 0.29) is 35.2 Å². The molecule has 1 aromatic heterocycles. The lowest BCUT2D eigenvalue weighted by Crippen LogP contribution is -2.42. The molecule has 2 aromatic rings. The highest BCUT2D eigenvalue weighted by Gasteiger charge is 2.36. The number of fused-ring (bicyclic) bond motifs is 1. The SMILES string of the molecule is CC(OC(=O)c1ccc2c(c1)C(=O)N(Cc1ccco1)C2=O)C(=O)NC1CCCCC1. The van der Waals surface area contributed by atoms with Crippen LogP contribution in [0.4, 0.5) is 0 Å². The second-order valence-electron chi connectivity index (χ2n) is 7.93. The van der Waals surface area contributed by atoms with Crippen molar-refractivity contribution in [1.82, 2.24) is 10.2 Å². The van der Waals surface area contributed by atoms with Gasteiger partial charge in [-0.3, -0.25) is 19.3 Å². The number of ether oxygens (including phenoxy) is 1. The predicted octanol–water partition coefficient (Wildman–Crippen LogP) is 3.07. The quantitative estimate of drug-likeness (QED) is 0.564. The van der Waals surface area contributed by atoms with Crippen molar-refractivity contribution < 1.29 is 28.3 Å². The molecule has 2 heterocycles. The van der Waals surface area contributed by atoms with Crippen LogP contribution in [0.2, 0.25) is 0 Å². The molecule has 1 N–H and O–H groups in total. The van der Waals surface area contributed by atoms with E-state index in [0.717, 1.165) is 30.6 Å². The minimum atomic E-state index is -0.963. The molecule has 2 aliphatic rings. The molecule has 8 nitrogen and oxygen atoms in total. The number of hydrogen-bond acceptors (Lipinski definition) is 6. The summed E-state index contributed by atoms with van der Waals surface area (Å²) in [6.07, 6.45) is 5.71. The Morgan fingerprint density at radius 3 is 2.58 bits per heavy atom. The minimum Gasteiger partial charge on any atom is -0.467 e. The molecule has 0 radical (unpaired) electrons. The fourth-order valence-electron chi connectivity index (χ4n) is 3.97. The van der Waals surface area contributed by atoms with Gasteiger partial charge < -0.3 is 14.5 Å². The monoisotopic (exact) mass is 424 g/mol. The number of amides is 3. The van der Waals surface area contributed by atoms with Gasteiger partial charge in [0.05, 0.1) is 29.5 Å². The predicted molar refractivity (Wildman–Crippen MR) is 109 cm³/mol. The average Bonchev–Trinajstić information content (AvgIpc) is 3.37. The normalized spacial score (nSPS) is 17.4. The third kappa shape index (κ3) is 4.38. The lowest BCUT2D eigenvalue weighted by atomic mass is 9.95. The summed E-state index contributed by atoms with van der Waals surface area (Å²) in [6, 6.07) is 7.66. The smallest absolute Gasteiger partial charge is 0.338 e. The van der Waals surface area contributed by atoms with Crippen LogP contribution in [0.1, 0.15) is 75.9 Å². The molecule has 162 valence electrons. The maximum Gasteiger partial charge on any atom is 0.338 e. The lowest BCUT2D eigenvalue weighted by Gasteiger charge is -2.24. The van der Waals surface area contributed by atoms with Crippen molar-refractivity contribution in [2.75, 3.05) is 0 Å². The Kier molecular flexibility index (Phi) is 5.88. The summed E-state index contributed by atoms with van der Waals surface area (Å²) < 4.78 is 10.5. The first-order valence-electron chi connectivity index (χ1n) is 10.5. The zero-order chi connectivity index (χ0) is 22.0. The average molecular weight is 424 g/mol. The van der Waals surface area contributed by atoms with E-state index in [1.165, 1.54) is 37.8 Å². The third-order valence-electron chi connectivity index (χ3n) is 5.71. The van der Waals surface area contributed by atoms with Gasteiger partial charge in [-0.2, -0.15) is 0 Å². The molecule has 1 aromatic carbocycles. The van der Waals surface area contributed by atoms with E-state index in [0.29, 0.717) is 5.76 Å². The van der Waals surface area contributed by atoms with E-state index in [4.69, 9.17) is 9.15 Å². The van der Waals surface area contributed by atoms with Crippen LogP contribution in [0, 0.1) is 0 Å². The standard InChI is InChI=1S/C23H24N2O6/c1-14(20(26)24-16-6-3-2-4-7-16)31-23(29)15-9-10-18-19(12-15)22(28)25(21(18)27)13-17-8-5-11-30-17/h5,8-12,14,16H,2-4,6-7,13H2,1H3,(H,24,26). The number of carbonyl (C=O) groups is 4. The lowest BCUT2D eigenvalue weighted by molar-refractivity contribution is -0.130. The van der Waals surface area contributed by atoms with Gasteiger partial charge in [-0.15, -0.1) is 0 Å². The molecule has 4 rings (SSSR count). The molecule has 1 fully saturated rings. The Labute approximate surface area is 179 Å². The fourth-order valence-corrected chi connectivity index (χ4v) is 3.97. The Morgan fingerprint density at radius 2 is 1.87 bits per heavy atom. The second-order valence-corrected chi connectivity index (χ2v) is 7.93. The van der Waals surface area contributed by atoms with Crippen LogP contribution in [0.15, 0.2) is 41.0 Å². The molecular weight excluding hydrogens is 400 g/mol. The van der Waals surface area contributed by atoms with Gasteiger partial charge >= 0.3 is 5.97 Å². The number of carbonyl (C=O) groups excluding carboxylic acids is 4. The van der Waals surface area contributed by atoms with E-state index in [9.17, 15) is 19.2 Å². The molecule has 1 saturated carbocycles. The summed E-state index contributed by atoms with van der Waals surface area (Å²) in [5, 5.41) is 2.93. The Morgan fingerprint density at radius 1 is 1.13 bits per heavy atom. The Hall–Kier alpha value is -3.42. The summed E-state index contributed by atoms with van der Waals surface area (Å²) in [5.41, 5.74) is 0.457. The molecule has 1 unspecified atom stereocenters. The van der Waals surface area contributed by atoms with Gasteiger partial charge in [0.2, 0.25) is 0 Å². The van der Waals surface area contributed by atoms with Crippen molar-refractivity contribution in [3.05, 3.63) is 59.0 Å². The summed E-state index contributed by atoms with van der Waals surface area (Å²) >= 11 is 0. The summed E-state index contributed by atoms with van der Waals surface area (Å²) in [7, 11) is 0. The van der Waals surface area contributed by atoms with Gasteiger partial charge in [0, 0.05) is 6.04 Å². The first-order valence-corrected chi connectivity index (χ1v) is 10.5. The first kappa shape index (κ1) is 20.8. The maximum atomic E-state index is 12.7. The summed E-state index contributed by atoms with van der Waals surface area (Å²) in [4.78, 5) is 51.2. The van der Waals surface area contributed by atoms with Crippen LogP contribution in [0.3, 0.4) is 0 Å². The molecule has 3 amide bonds. The molecular formula is C23H24N2O6. The molecule has 1 aliphatic heterocycles. The van der Waals surface area contributed by atoms with Gasteiger partial charge in [0.15, 0.2) is 6.10 Å². The van der Waals surface area contributed by atoms with Gasteiger partial charge in [-0.05, 0) is 50.1 Å². The zero-order valence-electron chi connectivity index (χ0n) is 17.3. The van der Waals surface area contributed by atoms with E-state index in [1.807, 2.05) is 0 Å². The summed E-state index contributed by atoms with van der Waals surface area (Å²) in [6.45, 7) is 1.53. The van der Waals surface area contributed by atoms with E-state index in [2.05, 4.69) is 5.32 Å². The fraction of sp³-hybridized carbons (Fsp3) is 0.391. The molecule has 0 bridgehead atoms. The van der Waals surface area contributed by atoms with Crippen molar-refractivity contribution in [2.45, 2.75) is 57.7 Å². The number of benzene rings is 1. The number of nitrogens with one attached hydrogen (secondary N) is 1. The van der Waals surface area contributed by atoms with Gasteiger partial charge in [0.1, 0.15) is 5.76 Å². The van der Waals surface area contributed by atoms with Crippen LogP contribution < -0.4 is 5.32 Å². The Bertz CT molecular complexity index is 1010. The highest BCUT2D eigenvalue weighted by Crippen LogP contribution is 2.26. The largest absolute Gasteiger partial charge is 0.467 e. The van der Waals surface area contributed by atoms with E-state index in [1.54, 1.807) is 12.1 Å². The molecule has 1 atom stereocenters. The highest BCUT2D eigenvalue weighted by atomic mass is 16.5. The molecule has 8 heteroatoms. The van der Waals surface area contributed by atoms with Gasteiger partial charge in [0.25, 0.3) is 17.7 Å². The molecule has 31 heavy (non-hydrogen) atoms. The van der Waals surface area contributed by atoms with Crippen LogP contribution >= 0.6 is 0 Å². The number of rotatable bonds is 6. The summed E-state index contributed by atoms with van der Waals surface area (Å²) in [5.74, 6) is -1.53. The maximum absolute atomic E-state index is 12.7. The number of hydrogen-bond donors (Lipinski definition) is 1. The highest BCUT2D eigenvalue weighted by molar-refractivity contribution is 6.21. The second kappa shape index (κ2) is 8.75. The first-order chi connectivity index (χ1) is 14.9. The van der Waals surface area contributed by atoms with Crippen molar-refractivity contribution in [3.63, 3.8) is 0 Å². The topological polar surface area (TPSA) is 106 Å². The number of esters is 1. The van der Waals surface area contributed by atoms with Crippen molar-refractivity contribution in [3.8, 4) is 0 Å². The van der Waals surface area contributed by atoms with Crippen molar-refractivity contribution in [1.29, 1.82) is 0 Å². The van der Waals surface area contributed by atoms with Crippen molar-refractivity contribution >= 4 is 23.7 Å². The molecule has 0 saturated heterocycles. The van der Waals surface area contributed by atoms with Gasteiger partial charge in [-0.25, -0.2) is 4.79 Å². The number of imide groups is 1. The number of nitrogens with zero attached hydrogens (tertiary/aromatic N) is 1. The van der Waals surface area contributed by atoms with Gasteiger partial charge in [-0.1, -0.05) is 19.3 Å². The molecule has 1 aliphatic carbocycles. The van der Waals surface area contributed by atoms with Crippen molar-refractivity contribution in [2.24, 2.45) is 0 Å². The number of furan rings is 1. The van der Waals surface area contributed by atoms with Crippen LogP contribution in [0.25, 0.3) is 0 Å². The van der Waals surface area contributed by atoms with E-state index >= 15 is 0 Å². The van der Waals surface area contributed by atoms with Crippen LogP contribution in [0.5, 0.6) is 0 Å². The minimum absolute atomic E-state index is 0.0114.